The predicted molar refractivity (Wildman–Crippen MR) is 108 cm³/mol. The van der Waals surface area contributed by atoms with Gasteiger partial charge in [-0.1, -0.05) is 0 Å². The van der Waals surface area contributed by atoms with Gasteiger partial charge >= 0.3 is 0 Å². The summed E-state index contributed by atoms with van der Waals surface area (Å²) in [7, 11) is 1.63. The first-order chi connectivity index (χ1) is 12.6. The second-order valence-electron chi connectivity index (χ2n) is 7.33. The number of halogens is 1. The number of amides is 2. The molecule has 2 fully saturated rings. The van der Waals surface area contributed by atoms with Crippen LogP contribution in [0.15, 0.2) is 18.2 Å². The van der Waals surface area contributed by atoms with Gasteiger partial charge in [-0.2, -0.15) is 0 Å². The van der Waals surface area contributed by atoms with Crippen LogP contribution in [0.5, 0.6) is 5.75 Å². The highest BCUT2D eigenvalue weighted by Gasteiger charge is 2.27. The fraction of sp³-hybridized carbons (Fsp3) is 0.600. The molecule has 2 amide bonds. The molecule has 27 heavy (non-hydrogen) atoms. The first kappa shape index (κ1) is 21.5. The van der Waals surface area contributed by atoms with Crippen molar-refractivity contribution in [1.82, 2.24) is 15.5 Å². The highest BCUT2D eigenvalue weighted by atomic mass is 35.5. The molecule has 0 aliphatic carbocycles. The Balaban J connectivity index is 0.00000261. The number of nitrogens with zero attached hydrogens (tertiary/aromatic N) is 1. The maximum Gasteiger partial charge on any atom is 0.254 e. The van der Waals surface area contributed by atoms with Gasteiger partial charge in [0, 0.05) is 25.2 Å². The van der Waals surface area contributed by atoms with Crippen LogP contribution in [0, 0.1) is 12.8 Å². The minimum absolute atomic E-state index is 0. The number of ether oxygens (including phenoxy) is 1. The number of benzene rings is 1. The Morgan fingerprint density at radius 2 is 2.11 bits per heavy atom. The number of carbonyl (C=O) groups excluding carboxylic acids is 2. The Labute approximate surface area is 167 Å². The summed E-state index contributed by atoms with van der Waals surface area (Å²) in [4.78, 5) is 27.0. The highest BCUT2D eigenvalue weighted by Crippen LogP contribution is 2.22. The highest BCUT2D eigenvalue weighted by molar-refractivity contribution is 5.96. The number of hydrogen-bond acceptors (Lipinski definition) is 4. The number of hydrogen-bond donors (Lipinski definition) is 2. The lowest BCUT2D eigenvalue weighted by molar-refractivity contribution is -0.123. The molecule has 150 valence electrons. The van der Waals surface area contributed by atoms with Gasteiger partial charge in [0.1, 0.15) is 5.75 Å². The molecule has 3 rings (SSSR count). The van der Waals surface area contributed by atoms with Crippen molar-refractivity contribution in [1.29, 1.82) is 0 Å². The number of carbonyl (C=O) groups is 2. The quantitative estimate of drug-likeness (QED) is 0.801. The molecule has 1 aromatic rings. The summed E-state index contributed by atoms with van der Waals surface area (Å²) in [6.07, 6.45) is 4.00. The van der Waals surface area contributed by atoms with Crippen LogP contribution in [-0.4, -0.2) is 56.0 Å². The van der Waals surface area contributed by atoms with Gasteiger partial charge in [0.25, 0.3) is 5.91 Å². The van der Waals surface area contributed by atoms with Gasteiger partial charge in [-0.25, -0.2) is 0 Å². The van der Waals surface area contributed by atoms with Crippen molar-refractivity contribution in [3.8, 4) is 5.75 Å². The minimum Gasteiger partial charge on any atom is -0.497 e. The molecule has 2 saturated heterocycles. The zero-order valence-electron chi connectivity index (χ0n) is 16.1. The lowest BCUT2D eigenvalue weighted by Crippen LogP contribution is -2.46. The average molecular weight is 396 g/mol. The topological polar surface area (TPSA) is 70.7 Å². The number of methoxy groups -OCH3 is 1. The number of aryl methyl sites for hydroxylation is 1. The van der Waals surface area contributed by atoms with E-state index in [1.54, 1.807) is 7.11 Å². The molecule has 2 aliphatic heterocycles. The summed E-state index contributed by atoms with van der Waals surface area (Å²) < 4.78 is 5.22. The molecule has 0 aromatic heterocycles. The van der Waals surface area contributed by atoms with Crippen molar-refractivity contribution in [3.63, 3.8) is 0 Å². The van der Waals surface area contributed by atoms with Crippen LogP contribution in [0.25, 0.3) is 0 Å². The molecule has 7 heteroatoms. The third-order valence-corrected chi connectivity index (χ3v) is 5.41. The predicted octanol–water partition coefficient (Wildman–Crippen LogP) is 2.15. The smallest absolute Gasteiger partial charge is 0.254 e. The van der Waals surface area contributed by atoms with Gasteiger partial charge in [0.2, 0.25) is 5.91 Å². The van der Waals surface area contributed by atoms with Crippen LogP contribution in [0.4, 0.5) is 0 Å². The Morgan fingerprint density at radius 1 is 1.30 bits per heavy atom. The largest absolute Gasteiger partial charge is 0.497 e. The summed E-state index contributed by atoms with van der Waals surface area (Å²) in [5.41, 5.74) is 1.66. The summed E-state index contributed by atoms with van der Waals surface area (Å²) in [6.45, 7) is 4.97. The first-order valence-corrected chi connectivity index (χ1v) is 9.53. The van der Waals surface area contributed by atoms with Crippen molar-refractivity contribution in [3.05, 3.63) is 29.3 Å². The lowest BCUT2D eigenvalue weighted by Gasteiger charge is -2.33. The summed E-state index contributed by atoms with van der Waals surface area (Å²) in [6, 6.07) is 5.52. The molecular formula is C20H30ClN3O3. The fourth-order valence-corrected chi connectivity index (χ4v) is 3.87. The number of rotatable bonds is 5. The summed E-state index contributed by atoms with van der Waals surface area (Å²) >= 11 is 0. The van der Waals surface area contributed by atoms with E-state index in [2.05, 4.69) is 10.6 Å². The average Bonchev–Trinajstić information content (AvgIpc) is 3.20. The molecule has 0 spiro atoms. The first-order valence-electron chi connectivity index (χ1n) is 9.53. The molecule has 1 aromatic carbocycles. The van der Waals surface area contributed by atoms with Crippen LogP contribution in [0.1, 0.15) is 41.6 Å². The SMILES string of the molecule is COc1ccc(C(=O)N2CCCC(CNC(=O)C3CCCN3)C2)c(C)c1.Cl. The molecule has 0 saturated carbocycles. The van der Waals surface area contributed by atoms with E-state index < -0.39 is 0 Å². The lowest BCUT2D eigenvalue weighted by atomic mass is 9.96. The van der Waals surface area contributed by atoms with E-state index in [0.29, 0.717) is 19.0 Å². The van der Waals surface area contributed by atoms with E-state index in [-0.39, 0.29) is 30.3 Å². The monoisotopic (exact) mass is 395 g/mol. The Morgan fingerprint density at radius 3 is 2.78 bits per heavy atom. The van der Waals surface area contributed by atoms with Crippen molar-refractivity contribution in [2.45, 2.75) is 38.6 Å². The Kier molecular flexibility index (Phi) is 7.92. The zero-order chi connectivity index (χ0) is 18.5. The summed E-state index contributed by atoms with van der Waals surface area (Å²) in [5.74, 6) is 1.24. The molecule has 0 bridgehead atoms. The second-order valence-corrected chi connectivity index (χ2v) is 7.33. The molecule has 2 unspecified atom stereocenters. The van der Waals surface area contributed by atoms with Crippen LogP contribution in [-0.2, 0) is 4.79 Å². The fourth-order valence-electron chi connectivity index (χ4n) is 3.87. The second kappa shape index (κ2) is 9.95. The summed E-state index contributed by atoms with van der Waals surface area (Å²) in [5, 5.41) is 6.29. The van der Waals surface area contributed by atoms with E-state index >= 15 is 0 Å². The van der Waals surface area contributed by atoms with Crippen molar-refractivity contribution in [2.24, 2.45) is 5.92 Å². The molecule has 6 nitrogen and oxygen atoms in total. The van der Waals surface area contributed by atoms with Crippen LogP contribution in [0.3, 0.4) is 0 Å². The number of piperidine rings is 1. The molecule has 2 N–H and O–H groups in total. The maximum atomic E-state index is 12.9. The molecule has 2 atom stereocenters. The number of likely N-dealkylation sites (tertiary alicyclic amines) is 1. The van der Waals surface area contributed by atoms with Gasteiger partial charge in [0.05, 0.1) is 13.2 Å². The van der Waals surface area contributed by atoms with E-state index in [1.807, 2.05) is 30.0 Å². The third kappa shape index (κ3) is 5.36. The van der Waals surface area contributed by atoms with E-state index in [4.69, 9.17) is 4.74 Å². The van der Waals surface area contributed by atoms with Crippen LogP contribution < -0.4 is 15.4 Å². The third-order valence-electron chi connectivity index (χ3n) is 5.41. The standard InChI is InChI=1S/C20H29N3O3.ClH/c1-14-11-16(26-2)7-8-17(14)20(25)23-10-4-5-15(13-23)12-22-19(24)18-6-3-9-21-18;/h7-8,11,15,18,21H,3-6,9-10,12-13H2,1-2H3,(H,22,24);1H. The molecule has 2 heterocycles. The van der Waals surface area contributed by atoms with Crippen molar-refractivity contribution in [2.75, 3.05) is 33.3 Å². The minimum atomic E-state index is -0.0433. The zero-order valence-corrected chi connectivity index (χ0v) is 16.9. The maximum absolute atomic E-state index is 12.9. The van der Waals surface area contributed by atoms with Gasteiger partial charge in [-0.15, -0.1) is 12.4 Å². The Hall–Kier alpha value is -1.79. The van der Waals surface area contributed by atoms with E-state index in [9.17, 15) is 9.59 Å². The van der Waals surface area contributed by atoms with E-state index in [0.717, 1.165) is 55.6 Å². The van der Waals surface area contributed by atoms with E-state index in [1.165, 1.54) is 0 Å². The molecule has 0 radical (unpaired) electrons. The van der Waals surface area contributed by atoms with Gasteiger partial charge in [-0.05, 0) is 68.8 Å². The van der Waals surface area contributed by atoms with Crippen LogP contribution >= 0.6 is 12.4 Å². The number of nitrogens with one attached hydrogen (secondary N) is 2. The van der Waals surface area contributed by atoms with Crippen molar-refractivity contribution < 1.29 is 14.3 Å². The Bertz CT molecular complexity index is 662. The van der Waals surface area contributed by atoms with Crippen LogP contribution in [0.2, 0.25) is 0 Å². The van der Waals surface area contributed by atoms with Crippen molar-refractivity contribution >= 4 is 24.2 Å². The van der Waals surface area contributed by atoms with Gasteiger partial charge < -0.3 is 20.3 Å². The van der Waals surface area contributed by atoms with Gasteiger partial charge in [-0.3, -0.25) is 9.59 Å². The van der Waals surface area contributed by atoms with Gasteiger partial charge in [0.15, 0.2) is 0 Å². The molecule has 2 aliphatic rings. The molecular weight excluding hydrogens is 366 g/mol. The normalized spacial score (nSPS) is 22.1.